The van der Waals surface area contributed by atoms with Gasteiger partial charge in [-0.15, -0.1) is 0 Å². The van der Waals surface area contributed by atoms with Crippen molar-refractivity contribution in [3.05, 3.63) is 59.5 Å². The van der Waals surface area contributed by atoms with E-state index in [1.165, 1.54) is 5.57 Å². The summed E-state index contributed by atoms with van der Waals surface area (Å²) in [5.41, 5.74) is 16.0. The number of amidine groups is 1. The van der Waals surface area contributed by atoms with Crippen molar-refractivity contribution in [2.75, 3.05) is 0 Å². The summed E-state index contributed by atoms with van der Waals surface area (Å²) in [5, 5.41) is 0. The quantitative estimate of drug-likeness (QED) is 0.704. The summed E-state index contributed by atoms with van der Waals surface area (Å²) in [4.78, 5) is 4.58. The molecule has 0 aromatic rings. The fraction of sp³-hybridized carbons (Fsp3) is 0.450. The van der Waals surface area contributed by atoms with Gasteiger partial charge in [-0.3, -0.25) is 0 Å². The molecule has 0 bridgehead atoms. The maximum atomic E-state index is 6.21. The third-order valence-corrected chi connectivity index (χ3v) is 4.34. The zero-order valence-electron chi connectivity index (χ0n) is 15.0. The third kappa shape index (κ3) is 5.27. The van der Waals surface area contributed by atoms with Gasteiger partial charge in [0.05, 0.1) is 11.4 Å². The lowest BCUT2D eigenvalue weighted by Crippen LogP contribution is -2.25. The van der Waals surface area contributed by atoms with Gasteiger partial charge in [-0.1, -0.05) is 71.1 Å². The van der Waals surface area contributed by atoms with Crippen LogP contribution in [0, 0.1) is 11.8 Å². The van der Waals surface area contributed by atoms with Gasteiger partial charge in [0, 0.05) is 0 Å². The van der Waals surface area contributed by atoms with Crippen molar-refractivity contribution >= 4 is 5.84 Å². The van der Waals surface area contributed by atoms with E-state index in [1.54, 1.807) is 6.08 Å². The lowest BCUT2D eigenvalue weighted by Gasteiger charge is -2.19. The van der Waals surface area contributed by atoms with Gasteiger partial charge < -0.3 is 11.5 Å². The van der Waals surface area contributed by atoms with Gasteiger partial charge in [-0.25, -0.2) is 4.99 Å². The Kier molecular flexibility index (Phi) is 7.60. The van der Waals surface area contributed by atoms with Crippen LogP contribution in [0.15, 0.2) is 64.5 Å². The number of aliphatic imine (C=N–C) groups is 1. The minimum Gasteiger partial charge on any atom is -0.396 e. The molecule has 2 atom stereocenters. The number of rotatable bonds is 6. The van der Waals surface area contributed by atoms with Crippen molar-refractivity contribution in [3.8, 4) is 0 Å². The molecule has 0 saturated carbocycles. The van der Waals surface area contributed by atoms with Gasteiger partial charge in [0.15, 0.2) is 0 Å². The van der Waals surface area contributed by atoms with Gasteiger partial charge >= 0.3 is 0 Å². The molecular weight excluding hydrogens is 282 g/mol. The molecule has 0 amide bonds. The molecule has 0 aromatic heterocycles. The molecule has 1 aliphatic rings. The van der Waals surface area contributed by atoms with Crippen LogP contribution in [0.5, 0.6) is 0 Å². The van der Waals surface area contributed by atoms with Crippen molar-refractivity contribution in [2.45, 2.75) is 47.0 Å². The van der Waals surface area contributed by atoms with E-state index in [9.17, 15) is 0 Å². The Hall–Kier alpha value is -2.03. The Labute approximate surface area is 141 Å². The monoisotopic (exact) mass is 313 g/mol. The van der Waals surface area contributed by atoms with Crippen LogP contribution >= 0.6 is 0 Å². The first-order valence-corrected chi connectivity index (χ1v) is 8.48. The Morgan fingerprint density at radius 1 is 1.43 bits per heavy atom. The zero-order valence-corrected chi connectivity index (χ0v) is 15.0. The minimum atomic E-state index is 0.368. The SMILES string of the molecule is C=C/C=C(\C=C/C(C)CC)C1=C/CC(C)/C(CC)=C(N)\C(N)=N\1. The average molecular weight is 313 g/mol. The zero-order chi connectivity index (χ0) is 17.4. The predicted molar refractivity (Wildman–Crippen MR) is 102 cm³/mol. The first-order valence-electron chi connectivity index (χ1n) is 8.48. The summed E-state index contributed by atoms with van der Waals surface area (Å²) in [7, 11) is 0. The fourth-order valence-electron chi connectivity index (χ4n) is 2.57. The molecular formula is C20H31N3. The summed E-state index contributed by atoms with van der Waals surface area (Å²) in [6.45, 7) is 12.5. The highest BCUT2D eigenvalue weighted by molar-refractivity contribution is 5.97. The van der Waals surface area contributed by atoms with Crippen LogP contribution in [0.3, 0.4) is 0 Å². The Balaban J connectivity index is 3.26. The second kappa shape index (κ2) is 9.19. The molecule has 3 nitrogen and oxygen atoms in total. The molecule has 0 fully saturated rings. The van der Waals surface area contributed by atoms with Crippen LogP contribution in [0.1, 0.15) is 47.0 Å². The molecule has 0 saturated heterocycles. The highest BCUT2D eigenvalue weighted by Crippen LogP contribution is 2.26. The number of hydrogen-bond donors (Lipinski definition) is 2. The van der Waals surface area contributed by atoms with Crippen LogP contribution in [0.2, 0.25) is 0 Å². The topological polar surface area (TPSA) is 64.4 Å². The standard InChI is InChI=1S/C20H31N3/c1-6-9-16(12-10-14(4)7-2)18-13-11-15(5)17(8-3)19(21)20(22)23-18/h6,9-10,12-15H,1,7-8,11,21H2,2-5H3,(H2,22,23)/b12-10-,16-9+,18-13-,19-17+. The molecule has 1 aliphatic heterocycles. The van der Waals surface area contributed by atoms with E-state index >= 15 is 0 Å². The normalized spacial score (nSPS) is 29.2. The molecule has 4 N–H and O–H groups in total. The highest BCUT2D eigenvalue weighted by Gasteiger charge is 2.16. The Morgan fingerprint density at radius 2 is 2.13 bits per heavy atom. The van der Waals surface area contributed by atoms with Gasteiger partial charge in [-0.05, 0) is 35.8 Å². The predicted octanol–water partition coefficient (Wildman–Crippen LogP) is 4.60. The smallest absolute Gasteiger partial charge is 0.147 e. The summed E-state index contributed by atoms with van der Waals surface area (Å²) < 4.78 is 0. The van der Waals surface area contributed by atoms with E-state index in [0.29, 0.717) is 23.4 Å². The number of allylic oxidation sites excluding steroid dienone is 6. The first-order chi connectivity index (χ1) is 10.9. The average Bonchev–Trinajstić information content (AvgIpc) is 2.54. The lowest BCUT2D eigenvalue weighted by molar-refractivity contribution is 0.657. The maximum absolute atomic E-state index is 6.21. The summed E-state index contributed by atoms with van der Waals surface area (Å²) >= 11 is 0. The maximum Gasteiger partial charge on any atom is 0.147 e. The molecule has 1 heterocycles. The summed E-state index contributed by atoms with van der Waals surface area (Å²) in [6.07, 6.45) is 13.1. The van der Waals surface area contributed by atoms with Crippen LogP contribution in [0.25, 0.3) is 0 Å². The van der Waals surface area contributed by atoms with Gasteiger partial charge in [0.2, 0.25) is 0 Å². The highest BCUT2D eigenvalue weighted by atomic mass is 14.9. The van der Waals surface area contributed by atoms with E-state index < -0.39 is 0 Å². The number of hydrogen-bond acceptors (Lipinski definition) is 3. The van der Waals surface area contributed by atoms with Crippen LogP contribution in [-0.4, -0.2) is 5.84 Å². The molecule has 0 radical (unpaired) electrons. The van der Waals surface area contributed by atoms with E-state index in [-0.39, 0.29) is 0 Å². The second-order valence-corrected chi connectivity index (χ2v) is 6.12. The third-order valence-electron chi connectivity index (χ3n) is 4.34. The van der Waals surface area contributed by atoms with E-state index in [1.807, 2.05) is 6.08 Å². The number of nitrogens with two attached hydrogens (primary N) is 2. The molecule has 23 heavy (non-hydrogen) atoms. The van der Waals surface area contributed by atoms with Crippen molar-refractivity contribution in [2.24, 2.45) is 28.3 Å². The van der Waals surface area contributed by atoms with E-state index in [0.717, 1.165) is 30.5 Å². The van der Waals surface area contributed by atoms with Gasteiger partial charge in [0.1, 0.15) is 5.84 Å². The molecule has 3 heteroatoms. The molecule has 0 aliphatic carbocycles. The minimum absolute atomic E-state index is 0.368. The van der Waals surface area contributed by atoms with Crippen LogP contribution in [0.4, 0.5) is 0 Å². The van der Waals surface area contributed by atoms with Crippen molar-refractivity contribution < 1.29 is 0 Å². The molecule has 0 spiro atoms. The van der Waals surface area contributed by atoms with Crippen molar-refractivity contribution in [3.63, 3.8) is 0 Å². The van der Waals surface area contributed by atoms with E-state index in [2.05, 4.69) is 57.5 Å². The van der Waals surface area contributed by atoms with Crippen LogP contribution < -0.4 is 11.5 Å². The van der Waals surface area contributed by atoms with E-state index in [4.69, 9.17) is 11.5 Å². The first kappa shape index (κ1) is 19.0. The Bertz CT molecular complexity index is 574. The van der Waals surface area contributed by atoms with Crippen molar-refractivity contribution in [1.29, 1.82) is 0 Å². The van der Waals surface area contributed by atoms with Gasteiger partial charge in [-0.2, -0.15) is 0 Å². The molecule has 1 rings (SSSR count). The van der Waals surface area contributed by atoms with Crippen molar-refractivity contribution in [1.82, 2.24) is 0 Å². The summed E-state index contributed by atoms with van der Waals surface area (Å²) in [6, 6.07) is 0. The number of nitrogens with zero attached hydrogens (tertiary/aromatic N) is 1. The summed E-state index contributed by atoms with van der Waals surface area (Å²) in [5.74, 6) is 1.30. The van der Waals surface area contributed by atoms with Crippen LogP contribution in [-0.2, 0) is 0 Å². The fourth-order valence-corrected chi connectivity index (χ4v) is 2.57. The Morgan fingerprint density at radius 3 is 2.70 bits per heavy atom. The van der Waals surface area contributed by atoms with Gasteiger partial charge in [0.25, 0.3) is 0 Å². The molecule has 2 unspecified atom stereocenters. The lowest BCUT2D eigenvalue weighted by atomic mass is 9.91. The molecule has 126 valence electrons. The molecule has 0 aromatic carbocycles. The second-order valence-electron chi connectivity index (χ2n) is 6.12. The largest absolute Gasteiger partial charge is 0.396 e.